The molecule has 0 radical (unpaired) electrons. The minimum absolute atomic E-state index is 0.0353. The van der Waals surface area contributed by atoms with Crippen molar-refractivity contribution in [3.05, 3.63) is 59.2 Å². The number of amides is 1. The zero-order valence-corrected chi connectivity index (χ0v) is 15.7. The summed E-state index contributed by atoms with van der Waals surface area (Å²) in [5.41, 5.74) is 2.54. The molecule has 1 aromatic heterocycles. The van der Waals surface area contributed by atoms with Gasteiger partial charge in [-0.3, -0.25) is 14.4 Å². The zero-order chi connectivity index (χ0) is 19.4. The van der Waals surface area contributed by atoms with E-state index in [2.05, 4.69) is 16.1 Å². The first-order chi connectivity index (χ1) is 12.9. The molecule has 1 amide bonds. The number of hydrogen-bond acceptors (Lipinski definition) is 4. The Bertz CT molecular complexity index is 814. The lowest BCUT2D eigenvalue weighted by Crippen LogP contribution is -2.33. The second-order valence-corrected chi connectivity index (χ2v) is 6.98. The highest BCUT2D eigenvalue weighted by Crippen LogP contribution is 2.21. The summed E-state index contributed by atoms with van der Waals surface area (Å²) in [5, 5.41) is 14.7. The molecule has 1 atom stereocenters. The Morgan fingerprint density at radius 2 is 2.07 bits per heavy atom. The number of halogens is 1. The molecule has 0 aliphatic carbocycles. The molecule has 7 heteroatoms. The predicted octanol–water partition coefficient (Wildman–Crippen LogP) is 2.06. The maximum atomic E-state index is 12.9. The van der Waals surface area contributed by atoms with Gasteiger partial charge in [-0.25, -0.2) is 4.39 Å². The van der Waals surface area contributed by atoms with Crippen LogP contribution in [-0.4, -0.2) is 57.8 Å². The lowest BCUT2D eigenvalue weighted by molar-refractivity contribution is -0.130. The smallest absolute Gasteiger partial charge is 0.225 e. The van der Waals surface area contributed by atoms with E-state index < -0.39 is 6.10 Å². The molecule has 2 aromatic rings. The van der Waals surface area contributed by atoms with E-state index in [1.165, 1.54) is 17.0 Å². The monoisotopic (exact) mass is 372 g/mol. The Labute approximate surface area is 158 Å². The van der Waals surface area contributed by atoms with Gasteiger partial charge in [-0.05, 0) is 23.8 Å². The molecular weight excluding hydrogens is 347 g/mol. The normalized spacial score (nSPS) is 15.7. The fourth-order valence-corrected chi connectivity index (χ4v) is 3.03. The van der Waals surface area contributed by atoms with Crippen LogP contribution < -0.4 is 0 Å². The van der Waals surface area contributed by atoms with Crippen molar-refractivity contribution in [1.29, 1.82) is 0 Å². The average molecular weight is 372 g/mol. The van der Waals surface area contributed by atoms with Gasteiger partial charge in [0.05, 0.1) is 24.4 Å². The van der Waals surface area contributed by atoms with Crippen LogP contribution in [-0.2, 0) is 17.9 Å². The maximum Gasteiger partial charge on any atom is 0.225 e. The molecule has 0 bridgehead atoms. The quantitative estimate of drug-likeness (QED) is 0.843. The van der Waals surface area contributed by atoms with Crippen molar-refractivity contribution in [1.82, 2.24) is 19.6 Å². The van der Waals surface area contributed by atoms with Gasteiger partial charge in [0.15, 0.2) is 0 Å². The summed E-state index contributed by atoms with van der Waals surface area (Å²) in [7, 11) is 3.34. The minimum atomic E-state index is -0.884. The van der Waals surface area contributed by atoms with E-state index in [1.807, 2.05) is 16.8 Å². The van der Waals surface area contributed by atoms with Gasteiger partial charge in [0.25, 0.3) is 0 Å². The highest BCUT2D eigenvalue weighted by molar-refractivity contribution is 5.76. The molecule has 0 saturated heterocycles. The fourth-order valence-electron chi connectivity index (χ4n) is 3.03. The van der Waals surface area contributed by atoms with Crippen molar-refractivity contribution in [3.63, 3.8) is 0 Å². The summed E-state index contributed by atoms with van der Waals surface area (Å²) in [6.07, 6.45) is 3.19. The van der Waals surface area contributed by atoms with Crippen LogP contribution in [0.4, 0.5) is 4.39 Å². The molecule has 1 aliphatic heterocycles. The first kappa shape index (κ1) is 19.3. The van der Waals surface area contributed by atoms with Gasteiger partial charge in [0, 0.05) is 33.7 Å². The Morgan fingerprint density at radius 1 is 1.33 bits per heavy atom. The van der Waals surface area contributed by atoms with Crippen molar-refractivity contribution in [2.24, 2.45) is 0 Å². The molecule has 3 rings (SSSR count). The molecule has 6 nitrogen and oxygen atoms in total. The van der Waals surface area contributed by atoms with Crippen LogP contribution in [0.25, 0.3) is 6.08 Å². The van der Waals surface area contributed by atoms with Gasteiger partial charge in [0.2, 0.25) is 5.91 Å². The van der Waals surface area contributed by atoms with E-state index in [1.54, 1.807) is 26.2 Å². The van der Waals surface area contributed by atoms with Crippen LogP contribution in [0.15, 0.2) is 36.4 Å². The van der Waals surface area contributed by atoms with E-state index in [-0.39, 0.29) is 18.1 Å². The number of rotatable bonds is 6. The van der Waals surface area contributed by atoms with Crippen LogP contribution in [0.5, 0.6) is 0 Å². The summed E-state index contributed by atoms with van der Waals surface area (Å²) in [5.74, 6) is -0.359. The van der Waals surface area contributed by atoms with E-state index in [0.29, 0.717) is 5.69 Å². The number of aliphatic hydroxyl groups excluding tert-OH is 1. The Hall–Kier alpha value is -2.51. The lowest BCUT2D eigenvalue weighted by Gasteiger charge is -2.26. The number of nitrogens with zero attached hydrogens (tertiary/aromatic N) is 4. The van der Waals surface area contributed by atoms with E-state index in [0.717, 1.165) is 37.4 Å². The molecule has 144 valence electrons. The van der Waals surface area contributed by atoms with Crippen molar-refractivity contribution in [3.8, 4) is 0 Å². The molecule has 0 unspecified atom stereocenters. The third-order valence-corrected chi connectivity index (χ3v) is 4.65. The summed E-state index contributed by atoms with van der Waals surface area (Å²) in [4.78, 5) is 15.5. The summed E-state index contributed by atoms with van der Waals surface area (Å²) in [6, 6.07) is 8.28. The van der Waals surface area contributed by atoms with Gasteiger partial charge in [-0.15, -0.1) is 0 Å². The molecule has 2 heterocycles. The number of fused-ring (bicyclic) bond motifs is 1. The van der Waals surface area contributed by atoms with Gasteiger partial charge in [0.1, 0.15) is 11.9 Å². The summed E-state index contributed by atoms with van der Waals surface area (Å²) < 4.78 is 14.8. The second-order valence-electron chi connectivity index (χ2n) is 6.98. The van der Waals surface area contributed by atoms with Crippen molar-refractivity contribution in [2.45, 2.75) is 25.6 Å². The van der Waals surface area contributed by atoms with E-state index in [9.17, 15) is 14.3 Å². The van der Waals surface area contributed by atoms with Gasteiger partial charge < -0.3 is 10.0 Å². The first-order valence-electron chi connectivity index (χ1n) is 9.01. The first-order valence-corrected chi connectivity index (χ1v) is 9.01. The standard InChI is InChI=1S/C20H25FN4O2/c1-23(2)20(27)13-19(26)18-12-17-14-24(10-11-25(17)22-18)9-3-4-15-5-7-16(21)8-6-15/h3-8,12,19,26H,9-11,13-14H2,1-2H3/b4-3+/t19-/m1/s1. The number of aliphatic hydroxyl groups is 1. The number of carbonyl (C=O) groups excluding carboxylic acids is 1. The summed E-state index contributed by atoms with van der Waals surface area (Å²) >= 11 is 0. The number of carbonyl (C=O) groups is 1. The molecule has 1 aromatic carbocycles. The predicted molar refractivity (Wildman–Crippen MR) is 101 cm³/mol. The third kappa shape index (κ3) is 5.02. The molecule has 0 fully saturated rings. The number of aromatic nitrogens is 2. The molecular formula is C20H25FN4O2. The Morgan fingerprint density at radius 3 is 2.78 bits per heavy atom. The Balaban J connectivity index is 1.57. The highest BCUT2D eigenvalue weighted by Gasteiger charge is 2.22. The summed E-state index contributed by atoms with van der Waals surface area (Å²) in [6.45, 7) is 3.11. The SMILES string of the molecule is CN(C)C(=O)C[C@@H](O)c1cc2n(n1)CCN(C/C=C/c1ccc(F)cc1)C2. The molecule has 1 aliphatic rings. The van der Waals surface area contributed by atoms with E-state index in [4.69, 9.17) is 0 Å². The van der Waals surface area contributed by atoms with Crippen LogP contribution in [0, 0.1) is 5.82 Å². The molecule has 27 heavy (non-hydrogen) atoms. The highest BCUT2D eigenvalue weighted by atomic mass is 19.1. The second kappa shape index (κ2) is 8.45. The fraction of sp³-hybridized carbons (Fsp3) is 0.400. The number of benzene rings is 1. The van der Waals surface area contributed by atoms with Gasteiger partial charge in [-0.1, -0.05) is 24.3 Å². The van der Waals surface area contributed by atoms with Crippen molar-refractivity contribution >= 4 is 12.0 Å². The average Bonchev–Trinajstić information content (AvgIpc) is 3.07. The minimum Gasteiger partial charge on any atom is -0.386 e. The lowest BCUT2D eigenvalue weighted by atomic mass is 10.1. The molecule has 0 spiro atoms. The topological polar surface area (TPSA) is 61.6 Å². The number of hydrogen-bond donors (Lipinski definition) is 1. The van der Waals surface area contributed by atoms with Gasteiger partial charge >= 0.3 is 0 Å². The zero-order valence-electron chi connectivity index (χ0n) is 15.7. The Kier molecular flexibility index (Phi) is 6.03. The van der Waals surface area contributed by atoms with Crippen LogP contribution in [0.3, 0.4) is 0 Å². The van der Waals surface area contributed by atoms with Crippen molar-refractivity contribution in [2.75, 3.05) is 27.2 Å². The third-order valence-electron chi connectivity index (χ3n) is 4.65. The maximum absolute atomic E-state index is 12.9. The molecule has 1 N–H and O–H groups in total. The van der Waals surface area contributed by atoms with Crippen LogP contribution in [0.2, 0.25) is 0 Å². The van der Waals surface area contributed by atoms with Gasteiger partial charge in [-0.2, -0.15) is 5.10 Å². The van der Waals surface area contributed by atoms with E-state index >= 15 is 0 Å². The van der Waals surface area contributed by atoms with Crippen LogP contribution in [0.1, 0.15) is 29.5 Å². The largest absolute Gasteiger partial charge is 0.386 e. The van der Waals surface area contributed by atoms with Crippen LogP contribution >= 0.6 is 0 Å². The molecule has 0 saturated carbocycles. The van der Waals surface area contributed by atoms with Crippen molar-refractivity contribution < 1.29 is 14.3 Å².